The second-order valence-electron chi connectivity index (χ2n) is 5.35. The van der Waals surface area contributed by atoms with Crippen LogP contribution >= 0.6 is 0 Å². The molecule has 0 bridgehead atoms. The quantitative estimate of drug-likeness (QED) is 0.867. The summed E-state index contributed by atoms with van der Waals surface area (Å²) in [6, 6.07) is 3.61. The molecular weight excluding hydrogens is 280 g/mol. The summed E-state index contributed by atoms with van der Waals surface area (Å²) < 4.78 is 31.1. The first kappa shape index (κ1) is 15.9. The van der Waals surface area contributed by atoms with Gasteiger partial charge >= 0.3 is 0 Å². The molecule has 2 rings (SSSR count). The monoisotopic (exact) mass is 299 g/mol. The zero-order valence-corrected chi connectivity index (χ0v) is 11.7. The number of benzene rings is 1. The molecule has 0 unspecified atom stereocenters. The number of carbonyl (C=O) groups is 1. The molecule has 4 nitrogen and oxygen atoms in total. The van der Waals surface area contributed by atoms with Crippen LogP contribution in [-0.2, 0) is 16.0 Å². The molecule has 1 fully saturated rings. The lowest BCUT2D eigenvalue weighted by Gasteiger charge is -2.36. The Morgan fingerprint density at radius 3 is 2.62 bits per heavy atom. The van der Waals surface area contributed by atoms with Crippen LogP contribution in [0.1, 0.15) is 24.8 Å². The molecule has 1 aliphatic rings. The predicted octanol–water partition coefficient (Wildman–Crippen LogP) is 1.56. The first-order valence-corrected chi connectivity index (χ1v) is 6.98. The summed E-state index contributed by atoms with van der Waals surface area (Å²) in [5, 5.41) is 12.3. The van der Waals surface area contributed by atoms with E-state index in [1.165, 1.54) is 6.07 Å². The normalized spacial score (nSPS) is 17.5. The van der Waals surface area contributed by atoms with E-state index in [1.54, 1.807) is 0 Å². The third kappa shape index (κ3) is 4.22. The van der Waals surface area contributed by atoms with Gasteiger partial charge in [0, 0.05) is 19.6 Å². The van der Waals surface area contributed by atoms with Gasteiger partial charge in [-0.25, -0.2) is 8.78 Å². The van der Waals surface area contributed by atoms with Crippen molar-refractivity contribution in [1.82, 2.24) is 5.32 Å². The van der Waals surface area contributed by atoms with Gasteiger partial charge in [0.1, 0.15) is 0 Å². The van der Waals surface area contributed by atoms with Crippen molar-refractivity contribution in [1.29, 1.82) is 0 Å². The van der Waals surface area contributed by atoms with Gasteiger partial charge in [0.05, 0.1) is 12.1 Å². The third-order valence-corrected chi connectivity index (χ3v) is 3.78. The number of halogens is 2. The van der Waals surface area contributed by atoms with Gasteiger partial charge in [-0.2, -0.15) is 0 Å². The number of rotatable bonds is 5. The molecule has 0 aromatic heterocycles. The fraction of sp³-hybridized carbons (Fsp3) is 0.533. The van der Waals surface area contributed by atoms with E-state index in [0.29, 0.717) is 38.0 Å². The van der Waals surface area contributed by atoms with Crippen molar-refractivity contribution in [2.24, 2.45) is 0 Å². The summed E-state index contributed by atoms with van der Waals surface area (Å²) in [5.41, 5.74) is -0.0577. The average Bonchev–Trinajstić information content (AvgIpc) is 2.49. The number of nitrogens with one attached hydrogen (secondary N) is 1. The van der Waals surface area contributed by atoms with Crippen molar-refractivity contribution >= 4 is 5.91 Å². The number of aliphatic hydroxyl groups is 1. The lowest BCUT2D eigenvalue weighted by atomic mass is 9.90. The third-order valence-electron chi connectivity index (χ3n) is 3.78. The van der Waals surface area contributed by atoms with E-state index in [1.807, 2.05) is 0 Å². The van der Waals surface area contributed by atoms with E-state index in [0.717, 1.165) is 12.1 Å². The first-order chi connectivity index (χ1) is 10.0. The molecule has 0 atom stereocenters. The summed E-state index contributed by atoms with van der Waals surface area (Å²) in [7, 11) is 0. The lowest BCUT2D eigenvalue weighted by molar-refractivity contribution is -0.125. The summed E-state index contributed by atoms with van der Waals surface area (Å²) in [4.78, 5) is 12.0. The highest BCUT2D eigenvalue weighted by Gasteiger charge is 2.33. The molecule has 1 aliphatic heterocycles. The van der Waals surface area contributed by atoms with E-state index >= 15 is 0 Å². The summed E-state index contributed by atoms with van der Waals surface area (Å²) >= 11 is 0. The van der Waals surface area contributed by atoms with Gasteiger partial charge in [-0.1, -0.05) is 6.07 Å². The highest BCUT2D eigenvalue weighted by molar-refractivity contribution is 5.77. The van der Waals surface area contributed by atoms with Crippen molar-refractivity contribution in [3.05, 3.63) is 35.4 Å². The Balaban J connectivity index is 1.87. The van der Waals surface area contributed by atoms with E-state index in [-0.39, 0.29) is 18.9 Å². The second kappa shape index (κ2) is 6.95. The SMILES string of the molecule is O=C(CCc1ccc(F)c(F)c1)NC1(CO)CCOCC1. The maximum Gasteiger partial charge on any atom is 0.220 e. The molecule has 2 N–H and O–H groups in total. The Kier molecular flexibility index (Phi) is 5.25. The van der Waals surface area contributed by atoms with Crippen LogP contribution in [0, 0.1) is 11.6 Å². The highest BCUT2D eigenvalue weighted by atomic mass is 19.2. The molecule has 1 saturated heterocycles. The van der Waals surface area contributed by atoms with Crippen molar-refractivity contribution < 1.29 is 23.4 Å². The minimum atomic E-state index is -0.913. The maximum absolute atomic E-state index is 13.1. The van der Waals surface area contributed by atoms with Crippen molar-refractivity contribution in [2.45, 2.75) is 31.2 Å². The van der Waals surface area contributed by atoms with Crippen LogP contribution in [0.25, 0.3) is 0 Å². The van der Waals surface area contributed by atoms with E-state index in [4.69, 9.17) is 4.74 Å². The van der Waals surface area contributed by atoms with Crippen LogP contribution in [0.2, 0.25) is 0 Å². The molecule has 1 aromatic carbocycles. The second-order valence-corrected chi connectivity index (χ2v) is 5.35. The van der Waals surface area contributed by atoms with Crippen molar-refractivity contribution in [3.63, 3.8) is 0 Å². The number of ether oxygens (including phenoxy) is 1. The average molecular weight is 299 g/mol. The zero-order valence-electron chi connectivity index (χ0n) is 11.7. The van der Waals surface area contributed by atoms with E-state index < -0.39 is 17.2 Å². The van der Waals surface area contributed by atoms with E-state index in [9.17, 15) is 18.7 Å². The molecule has 6 heteroatoms. The number of amides is 1. The Hall–Kier alpha value is -1.53. The van der Waals surface area contributed by atoms with Crippen LogP contribution in [0.5, 0.6) is 0 Å². The van der Waals surface area contributed by atoms with Gasteiger partial charge in [-0.15, -0.1) is 0 Å². The summed E-state index contributed by atoms with van der Waals surface area (Å²) in [6.45, 7) is 0.876. The van der Waals surface area contributed by atoms with Gasteiger partial charge in [-0.3, -0.25) is 4.79 Å². The van der Waals surface area contributed by atoms with Crippen LogP contribution in [-0.4, -0.2) is 36.4 Å². The fourth-order valence-corrected chi connectivity index (χ4v) is 2.40. The lowest BCUT2D eigenvalue weighted by Crippen LogP contribution is -2.54. The molecule has 0 radical (unpaired) electrons. The van der Waals surface area contributed by atoms with Gasteiger partial charge in [-0.05, 0) is 37.0 Å². The molecule has 0 saturated carbocycles. The molecule has 1 aromatic rings. The number of hydrogen-bond donors (Lipinski definition) is 2. The summed E-state index contributed by atoms with van der Waals surface area (Å²) in [6.07, 6.45) is 1.62. The van der Waals surface area contributed by atoms with Crippen LogP contribution < -0.4 is 5.32 Å². The van der Waals surface area contributed by atoms with Gasteiger partial charge in [0.2, 0.25) is 5.91 Å². The number of aryl methyl sites for hydroxylation is 1. The minimum Gasteiger partial charge on any atom is -0.394 e. The molecule has 21 heavy (non-hydrogen) atoms. The molecule has 0 spiro atoms. The topological polar surface area (TPSA) is 58.6 Å². The Morgan fingerprint density at radius 2 is 2.00 bits per heavy atom. The smallest absolute Gasteiger partial charge is 0.220 e. The Bertz CT molecular complexity index is 502. The standard InChI is InChI=1S/C15H19F2NO3/c16-12-3-1-11(9-13(12)17)2-4-14(20)18-15(10-19)5-7-21-8-6-15/h1,3,9,19H,2,4-8,10H2,(H,18,20). The van der Waals surface area contributed by atoms with Gasteiger partial charge in [0.15, 0.2) is 11.6 Å². The predicted molar refractivity (Wildman–Crippen MR) is 72.7 cm³/mol. The van der Waals surface area contributed by atoms with Crippen molar-refractivity contribution in [3.8, 4) is 0 Å². The molecule has 1 heterocycles. The van der Waals surface area contributed by atoms with Gasteiger partial charge < -0.3 is 15.2 Å². The first-order valence-electron chi connectivity index (χ1n) is 6.98. The van der Waals surface area contributed by atoms with Crippen LogP contribution in [0.3, 0.4) is 0 Å². The largest absolute Gasteiger partial charge is 0.394 e. The Morgan fingerprint density at radius 1 is 1.29 bits per heavy atom. The minimum absolute atomic E-state index is 0.132. The number of carbonyl (C=O) groups excluding carboxylic acids is 1. The summed E-state index contributed by atoms with van der Waals surface area (Å²) in [5.74, 6) is -2.02. The van der Waals surface area contributed by atoms with Crippen molar-refractivity contribution in [2.75, 3.05) is 19.8 Å². The number of aliphatic hydroxyl groups excluding tert-OH is 1. The molecular formula is C15H19F2NO3. The highest BCUT2D eigenvalue weighted by Crippen LogP contribution is 2.20. The maximum atomic E-state index is 13.1. The van der Waals surface area contributed by atoms with E-state index in [2.05, 4.69) is 5.32 Å². The van der Waals surface area contributed by atoms with Gasteiger partial charge in [0.25, 0.3) is 0 Å². The Labute approximate surface area is 122 Å². The molecule has 0 aliphatic carbocycles. The fourth-order valence-electron chi connectivity index (χ4n) is 2.40. The zero-order chi connectivity index (χ0) is 15.3. The molecule has 116 valence electrons. The molecule has 1 amide bonds. The van der Waals surface area contributed by atoms with Crippen LogP contribution in [0.15, 0.2) is 18.2 Å². The van der Waals surface area contributed by atoms with Crippen LogP contribution in [0.4, 0.5) is 8.78 Å². The number of hydrogen-bond acceptors (Lipinski definition) is 3.